The van der Waals surface area contributed by atoms with Gasteiger partial charge in [-0.1, -0.05) is 54.6 Å². The van der Waals surface area contributed by atoms with Crippen LogP contribution < -0.4 is 4.74 Å². The Labute approximate surface area is 253 Å². The highest BCUT2D eigenvalue weighted by Gasteiger charge is 2.20. The van der Waals surface area contributed by atoms with Gasteiger partial charge in [0.25, 0.3) is 0 Å². The van der Waals surface area contributed by atoms with Gasteiger partial charge in [0.05, 0.1) is 52.1 Å². The van der Waals surface area contributed by atoms with E-state index in [4.69, 9.17) is 4.74 Å². The number of hydrogen-bond donors (Lipinski definition) is 0. The van der Waals surface area contributed by atoms with Crippen molar-refractivity contribution in [2.75, 3.05) is 7.11 Å². The van der Waals surface area contributed by atoms with Crippen molar-refractivity contribution in [1.29, 1.82) is 10.5 Å². The van der Waals surface area contributed by atoms with E-state index in [2.05, 4.69) is 112 Å². The Kier molecular flexibility index (Phi) is 5.72. The molecule has 0 amide bonds. The van der Waals surface area contributed by atoms with Crippen LogP contribution in [-0.2, 0) is 0 Å². The zero-order valence-corrected chi connectivity index (χ0v) is 23.8. The molecule has 0 aliphatic heterocycles. The molecule has 0 aliphatic carbocycles. The highest BCUT2D eigenvalue weighted by Crippen LogP contribution is 2.42. The molecule has 0 saturated carbocycles. The van der Waals surface area contributed by atoms with Crippen LogP contribution in [0.15, 0.2) is 127 Å². The molecule has 0 saturated heterocycles. The Balaban J connectivity index is 1.46. The minimum absolute atomic E-state index is 0.499. The van der Waals surface area contributed by atoms with Crippen LogP contribution in [0.5, 0.6) is 5.75 Å². The Morgan fingerprint density at radius 1 is 0.568 bits per heavy atom. The van der Waals surface area contributed by atoms with Crippen LogP contribution in [0.2, 0.25) is 0 Å². The standard InChI is InChI=1S/C39H24N4O/c1-44-29-17-19-36-33(22-29)39-30(11-7-13-37(39)43(36)38-20-25(23-40)14-15-27(38)24-41)26-16-18-35-32(21-26)31-10-5-6-12-34(31)42(35)28-8-3-2-4-9-28/h2-22H,1H3. The summed E-state index contributed by atoms with van der Waals surface area (Å²) in [6.45, 7) is 0. The second-order valence-corrected chi connectivity index (χ2v) is 10.8. The molecule has 44 heavy (non-hydrogen) atoms. The molecule has 2 heterocycles. The molecule has 206 valence electrons. The summed E-state index contributed by atoms with van der Waals surface area (Å²) < 4.78 is 10.1. The quantitative estimate of drug-likeness (QED) is 0.214. The Morgan fingerprint density at radius 3 is 2.14 bits per heavy atom. The molecule has 0 spiro atoms. The normalized spacial score (nSPS) is 11.2. The first-order valence-electron chi connectivity index (χ1n) is 14.3. The number of nitrogens with zero attached hydrogens (tertiary/aromatic N) is 4. The summed E-state index contributed by atoms with van der Waals surface area (Å²) in [5.74, 6) is 0.749. The second-order valence-electron chi connectivity index (χ2n) is 10.8. The number of hydrogen-bond acceptors (Lipinski definition) is 3. The minimum Gasteiger partial charge on any atom is -0.497 e. The maximum absolute atomic E-state index is 10.0. The number of para-hydroxylation sites is 2. The number of methoxy groups -OCH3 is 1. The monoisotopic (exact) mass is 564 g/mol. The first-order valence-corrected chi connectivity index (χ1v) is 14.3. The molecular formula is C39H24N4O. The molecule has 0 atom stereocenters. The van der Waals surface area contributed by atoms with Gasteiger partial charge in [-0.05, 0) is 83.9 Å². The highest BCUT2D eigenvalue weighted by molar-refractivity contribution is 6.17. The summed E-state index contributed by atoms with van der Waals surface area (Å²) in [5, 5.41) is 24.2. The number of nitriles is 2. The van der Waals surface area contributed by atoms with Gasteiger partial charge >= 0.3 is 0 Å². The smallest absolute Gasteiger partial charge is 0.119 e. The summed E-state index contributed by atoms with van der Waals surface area (Å²) in [6, 6.07) is 47.7. The molecule has 8 aromatic rings. The van der Waals surface area contributed by atoms with Crippen LogP contribution in [0.4, 0.5) is 0 Å². The first-order chi connectivity index (χ1) is 21.7. The largest absolute Gasteiger partial charge is 0.497 e. The van der Waals surface area contributed by atoms with Crippen molar-refractivity contribution in [1.82, 2.24) is 9.13 Å². The van der Waals surface area contributed by atoms with Crippen molar-refractivity contribution in [3.8, 4) is 40.4 Å². The third-order valence-corrected chi connectivity index (χ3v) is 8.48. The van der Waals surface area contributed by atoms with E-state index < -0.39 is 0 Å². The molecule has 0 radical (unpaired) electrons. The summed E-state index contributed by atoms with van der Waals surface area (Å²) in [6.07, 6.45) is 0. The lowest BCUT2D eigenvalue weighted by atomic mass is 9.97. The van der Waals surface area contributed by atoms with Gasteiger partial charge in [0.1, 0.15) is 11.8 Å². The van der Waals surface area contributed by atoms with Gasteiger partial charge in [-0.2, -0.15) is 10.5 Å². The fourth-order valence-electron chi connectivity index (χ4n) is 6.55. The van der Waals surface area contributed by atoms with Crippen molar-refractivity contribution >= 4 is 43.6 Å². The van der Waals surface area contributed by atoms with Crippen LogP contribution in [0, 0.1) is 22.7 Å². The number of benzene rings is 6. The van der Waals surface area contributed by atoms with Crippen LogP contribution in [0.1, 0.15) is 11.1 Å². The number of fused-ring (bicyclic) bond motifs is 6. The highest BCUT2D eigenvalue weighted by atomic mass is 16.5. The summed E-state index contributed by atoms with van der Waals surface area (Å²) in [5.41, 5.74) is 9.15. The van der Waals surface area contributed by atoms with Crippen LogP contribution in [0.3, 0.4) is 0 Å². The van der Waals surface area contributed by atoms with Gasteiger partial charge in [0, 0.05) is 27.2 Å². The number of ether oxygens (including phenoxy) is 1. The van der Waals surface area contributed by atoms with Gasteiger partial charge in [0.15, 0.2) is 0 Å². The fraction of sp³-hybridized carbons (Fsp3) is 0.0256. The third-order valence-electron chi connectivity index (χ3n) is 8.48. The Morgan fingerprint density at radius 2 is 1.32 bits per heavy atom. The van der Waals surface area contributed by atoms with Gasteiger partial charge in [-0.15, -0.1) is 0 Å². The van der Waals surface area contributed by atoms with Gasteiger partial charge in [-0.25, -0.2) is 0 Å². The van der Waals surface area contributed by atoms with Crippen LogP contribution >= 0.6 is 0 Å². The van der Waals surface area contributed by atoms with E-state index in [0.717, 1.165) is 55.4 Å². The van der Waals surface area contributed by atoms with E-state index in [0.29, 0.717) is 16.8 Å². The SMILES string of the molecule is COc1ccc2c(c1)c1c(-c3ccc4c(c3)c3ccccc3n4-c3ccccc3)cccc1n2-c1cc(C#N)ccc1C#N. The fourth-order valence-corrected chi connectivity index (χ4v) is 6.55. The molecule has 8 rings (SSSR count). The summed E-state index contributed by atoms with van der Waals surface area (Å²) in [4.78, 5) is 0. The summed E-state index contributed by atoms with van der Waals surface area (Å²) >= 11 is 0. The van der Waals surface area contributed by atoms with Crippen molar-refractivity contribution in [3.05, 3.63) is 139 Å². The second kappa shape index (κ2) is 9.91. The third kappa shape index (κ3) is 3.71. The van der Waals surface area contributed by atoms with Crippen molar-refractivity contribution in [3.63, 3.8) is 0 Å². The van der Waals surface area contributed by atoms with E-state index in [1.54, 1.807) is 25.3 Å². The molecule has 5 heteroatoms. The molecule has 0 unspecified atom stereocenters. The average Bonchev–Trinajstić information content (AvgIpc) is 3.60. The van der Waals surface area contributed by atoms with Crippen molar-refractivity contribution in [2.45, 2.75) is 0 Å². The Bertz CT molecular complexity index is 2510. The molecule has 0 fully saturated rings. The van der Waals surface area contributed by atoms with Crippen LogP contribution in [-0.4, -0.2) is 16.2 Å². The van der Waals surface area contributed by atoms with E-state index >= 15 is 0 Å². The Hall–Kier alpha value is -6.30. The zero-order valence-electron chi connectivity index (χ0n) is 23.8. The number of aromatic nitrogens is 2. The van der Waals surface area contributed by atoms with Gasteiger partial charge in [0.2, 0.25) is 0 Å². The minimum atomic E-state index is 0.499. The number of rotatable bonds is 4. The molecule has 2 aromatic heterocycles. The predicted molar refractivity (Wildman–Crippen MR) is 177 cm³/mol. The molecule has 6 aromatic carbocycles. The van der Waals surface area contributed by atoms with Crippen molar-refractivity contribution in [2.24, 2.45) is 0 Å². The lowest BCUT2D eigenvalue weighted by molar-refractivity contribution is 0.415. The van der Waals surface area contributed by atoms with E-state index in [-0.39, 0.29) is 0 Å². The zero-order chi connectivity index (χ0) is 29.8. The lowest BCUT2D eigenvalue weighted by Crippen LogP contribution is -1.98. The van der Waals surface area contributed by atoms with Gasteiger partial charge in [-0.3, -0.25) is 0 Å². The lowest BCUT2D eigenvalue weighted by Gasteiger charge is -2.11. The van der Waals surface area contributed by atoms with Crippen LogP contribution in [0.25, 0.3) is 66.1 Å². The first kappa shape index (κ1) is 25.4. The molecule has 0 bridgehead atoms. The van der Waals surface area contributed by atoms with E-state index in [1.807, 2.05) is 18.2 Å². The predicted octanol–water partition coefficient (Wildman–Crippen LogP) is 9.30. The maximum Gasteiger partial charge on any atom is 0.119 e. The molecule has 5 nitrogen and oxygen atoms in total. The molecule has 0 N–H and O–H groups in total. The summed E-state index contributed by atoms with van der Waals surface area (Å²) in [7, 11) is 1.67. The molecular weight excluding hydrogens is 540 g/mol. The maximum atomic E-state index is 10.0. The van der Waals surface area contributed by atoms with E-state index in [9.17, 15) is 10.5 Å². The van der Waals surface area contributed by atoms with E-state index in [1.165, 1.54) is 10.8 Å². The van der Waals surface area contributed by atoms with Gasteiger partial charge < -0.3 is 13.9 Å². The topological polar surface area (TPSA) is 66.7 Å². The van der Waals surface area contributed by atoms with Crippen molar-refractivity contribution < 1.29 is 4.74 Å². The average molecular weight is 565 g/mol. The molecule has 0 aliphatic rings.